The van der Waals surface area contributed by atoms with Gasteiger partial charge < -0.3 is 9.80 Å². The van der Waals surface area contributed by atoms with Crippen molar-refractivity contribution in [3.8, 4) is 0 Å². The van der Waals surface area contributed by atoms with Crippen molar-refractivity contribution in [2.45, 2.75) is 0 Å². The van der Waals surface area contributed by atoms with Gasteiger partial charge in [-0.15, -0.1) is 0 Å². The number of benzene rings is 1. The third-order valence-electron chi connectivity index (χ3n) is 2.97. The Hall–Kier alpha value is -3.04. The van der Waals surface area contributed by atoms with Crippen LogP contribution in [0.25, 0.3) is 11.0 Å². The van der Waals surface area contributed by atoms with Crippen LogP contribution in [0.15, 0.2) is 12.1 Å². The largest absolute Gasteiger partial charge is 0.360 e. The summed E-state index contributed by atoms with van der Waals surface area (Å²) in [6, 6.07) is 2.15. The molecule has 2 aromatic rings. The van der Waals surface area contributed by atoms with Crippen LogP contribution >= 0.6 is 0 Å². The second kappa shape index (κ2) is 5.39. The number of anilines is 2. The van der Waals surface area contributed by atoms with Gasteiger partial charge in [-0.05, 0) is 0 Å². The van der Waals surface area contributed by atoms with Gasteiger partial charge in [0.25, 0.3) is 0 Å². The van der Waals surface area contributed by atoms with Crippen LogP contribution in [0.1, 0.15) is 0 Å². The lowest BCUT2D eigenvalue weighted by molar-refractivity contribution is -0.422. The molecule has 0 atom stereocenters. The summed E-state index contributed by atoms with van der Waals surface area (Å²) in [5.74, 6) is 1.03. The number of hydrogen-bond acceptors (Lipinski definition) is 8. The van der Waals surface area contributed by atoms with Gasteiger partial charge in [-0.2, -0.15) is 0 Å². The Labute approximate surface area is 125 Å². The molecule has 0 aliphatic carbocycles. The molecular weight excluding hydrogens is 292 g/mol. The number of hydrogen-bond donors (Lipinski definition) is 0. The first-order chi connectivity index (χ1) is 10.2. The Kier molecular flexibility index (Phi) is 3.76. The van der Waals surface area contributed by atoms with Gasteiger partial charge in [0.15, 0.2) is 11.6 Å². The molecular formula is C12H14N6O4. The Bertz CT molecular complexity index is 709. The number of rotatable bonds is 4. The summed E-state index contributed by atoms with van der Waals surface area (Å²) in [5.41, 5.74) is -0.749. The number of nitrogens with zero attached hydrogens (tertiary/aromatic N) is 6. The van der Waals surface area contributed by atoms with E-state index in [0.29, 0.717) is 11.6 Å². The molecule has 0 fully saturated rings. The molecule has 0 spiro atoms. The molecule has 0 unspecified atom stereocenters. The predicted molar refractivity (Wildman–Crippen MR) is 81.5 cm³/mol. The second-order valence-electron chi connectivity index (χ2n) is 5.00. The monoisotopic (exact) mass is 306 g/mol. The van der Waals surface area contributed by atoms with Gasteiger partial charge in [-0.1, -0.05) is 0 Å². The smallest absolute Gasteiger partial charge is 0.348 e. The highest BCUT2D eigenvalue weighted by Gasteiger charge is 2.26. The molecule has 1 heterocycles. The van der Waals surface area contributed by atoms with E-state index in [1.54, 1.807) is 38.0 Å². The van der Waals surface area contributed by atoms with Crippen molar-refractivity contribution >= 4 is 34.0 Å². The van der Waals surface area contributed by atoms with Crippen LogP contribution in [-0.2, 0) is 0 Å². The maximum Gasteiger partial charge on any atom is 0.348 e. The first-order valence-electron chi connectivity index (χ1n) is 6.21. The van der Waals surface area contributed by atoms with E-state index in [9.17, 15) is 20.2 Å². The van der Waals surface area contributed by atoms with E-state index < -0.39 is 21.2 Å². The Morgan fingerprint density at radius 1 is 0.818 bits per heavy atom. The summed E-state index contributed by atoms with van der Waals surface area (Å²) >= 11 is 0. The molecule has 0 radical (unpaired) electrons. The van der Waals surface area contributed by atoms with Gasteiger partial charge in [0, 0.05) is 28.2 Å². The number of fused-ring (bicyclic) bond motifs is 1. The standard InChI is InChI=1S/C12H14N6O4/c1-15(2)11-12(16(3)4)14-8-6-10(18(21)22)9(17(19)20)5-7(8)13-11/h5-6H,1-4H3. The summed E-state index contributed by atoms with van der Waals surface area (Å²) in [6.45, 7) is 0. The fourth-order valence-electron chi connectivity index (χ4n) is 1.95. The Morgan fingerprint density at radius 3 is 1.36 bits per heavy atom. The van der Waals surface area contributed by atoms with Crippen LogP contribution < -0.4 is 9.80 Å². The molecule has 0 saturated carbocycles. The highest BCUT2D eigenvalue weighted by molar-refractivity contribution is 5.86. The van der Waals surface area contributed by atoms with Gasteiger partial charge in [0.05, 0.1) is 33.0 Å². The summed E-state index contributed by atoms with van der Waals surface area (Å²) < 4.78 is 0. The molecule has 1 aromatic carbocycles. The Balaban J connectivity index is 2.84. The van der Waals surface area contributed by atoms with E-state index in [1.807, 2.05) is 0 Å². The molecule has 2 rings (SSSR count). The lowest BCUT2D eigenvalue weighted by Crippen LogP contribution is -2.19. The zero-order valence-corrected chi connectivity index (χ0v) is 12.5. The van der Waals surface area contributed by atoms with E-state index in [4.69, 9.17) is 0 Å². The molecule has 10 heteroatoms. The molecule has 10 nitrogen and oxygen atoms in total. The van der Waals surface area contributed by atoms with E-state index in [0.717, 1.165) is 12.1 Å². The SMILES string of the molecule is CN(C)c1nc2cc([N+](=O)[O-])c([N+](=O)[O-])cc2nc1N(C)C. The normalized spacial score (nSPS) is 10.5. The lowest BCUT2D eigenvalue weighted by atomic mass is 10.2. The van der Waals surface area contributed by atoms with Crippen LogP contribution in [0.3, 0.4) is 0 Å². The van der Waals surface area contributed by atoms with Crippen molar-refractivity contribution in [2.75, 3.05) is 38.0 Å². The van der Waals surface area contributed by atoms with E-state index in [2.05, 4.69) is 9.97 Å². The first-order valence-corrected chi connectivity index (χ1v) is 6.21. The minimum atomic E-state index is -0.797. The quantitative estimate of drug-likeness (QED) is 0.617. The third-order valence-corrected chi connectivity index (χ3v) is 2.97. The summed E-state index contributed by atoms with van der Waals surface area (Å²) in [6.07, 6.45) is 0. The maximum absolute atomic E-state index is 11.0. The Morgan fingerprint density at radius 2 is 1.14 bits per heavy atom. The van der Waals surface area contributed by atoms with Gasteiger partial charge in [0.2, 0.25) is 0 Å². The molecule has 0 N–H and O–H groups in total. The second-order valence-corrected chi connectivity index (χ2v) is 5.00. The summed E-state index contributed by atoms with van der Waals surface area (Å²) in [5, 5.41) is 22.0. The molecule has 0 aliphatic rings. The van der Waals surface area contributed by atoms with Crippen LogP contribution in [0, 0.1) is 20.2 Å². The number of nitro benzene ring substituents is 2. The van der Waals surface area contributed by atoms with Crippen LogP contribution in [0.4, 0.5) is 23.0 Å². The topological polar surface area (TPSA) is 119 Å². The fourth-order valence-corrected chi connectivity index (χ4v) is 1.95. The van der Waals surface area contributed by atoms with Gasteiger partial charge in [0.1, 0.15) is 0 Å². The van der Waals surface area contributed by atoms with Gasteiger partial charge >= 0.3 is 11.4 Å². The maximum atomic E-state index is 11.0. The van der Waals surface area contributed by atoms with Crippen molar-refractivity contribution in [3.05, 3.63) is 32.4 Å². The zero-order chi connectivity index (χ0) is 16.6. The average molecular weight is 306 g/mol. The van der Waals surface area contributed by atoms with Crippen LogP contribution in [0.5, 0.6) is 0 Å². The van der Waals surface area contributed by atoms with E-state index in [1.165, 1.54) is 0 Å². The van der Waals surface area contributed by atoms with Crippen LogP contribution in [-0.4, -0.2) is 48.0 Å². The fraction of sp³-hybridized carbons (Fsp3) is 0.333. The molecule has 0 saturated heterocycles. The molecule has 0 amide bonds. The number of aromatic nitrogens is 2. The molecule has 0 aliphatic heterocycles. The molecule has 0 bridgehead atoms. The molecule has 22 heavy (non-hydrogen) atoms. The number of nitro groups is 2. The predicted octanol–water partition coefficient (Wildman–Crippen LogP) is 1.58. The molecule has 1 aromatic heterocycles. The summed E-state index contributed by atoms with van der Waals surface area (Å²) in [4.78, 5) is 32.5. The van der Waals surface area contributed by atoms with Crippen LogP contribution in [0.2, 0.25) is 0 Å². The van der Waals surface area contributed by atoms with E-state index in [-0.39, 0.29) is 11.0 Å². The van der Waals surface area contributed by atoms with Crippen molar-refractivity contribution < 1.29 is 9.85 Å². The molecule has 116 valence electrons. The van der Waals surface area contributed by atoms with Crippen molar-refractivity contribution in [1.82, 2.24) is 9.97 Å². The van der Waals surface area contributed by atoms with Crippen molar-refractivity contribution in [1.29, 1.82) is 0 Å². The van der Waals surface area contributed by atoms with E-state index >= 15 is 0 Å². The lowest BCUT2D eigenvalue weighted by Gasteiger charge is -2.20. The average Bonchev–Trinajstić information content (AvgIpc) is 2.43. The highest BCUT2D eigenvalue weighted by Crippen LogP contribution is 2.33. The minimum absolute atomic E-state index is 0.228. The van der Waals surface area contributed by atoms with Gasteiger partial charge in [-0.25, -0.2) is 9.97 Å². The summed E-state index contributed by atoms with van der Waals surface area (Å²) in [7, 11) is 7.07. The van der Waals surface area contributed by atoms with Gasteiger partial charge in [-0.3, -0.25) is 20.2 Å². The zero-order valence-electron chi connectivity index (χ0n) is 12.5. The first kappa shape index (κ1) is 15.4. The highest BCUT2D eigenvalue weighted by atomic mass is 16.6. The van der Waals surface area contributed by atoms with Crippen molar-refractivity contribution in [2.24, 2.45) is 0 Å². The third kappa shape index (κ3) is 2.57. The van der Waals surface area contributed by atoms with Crippen molar-refractivity contribution in [3.63, 3.8) is 0 Å². The minimum Gasteiger partial charge on any atom is -0.360 e.